The predicted molar refractivity (Wildman–Crippen MR) is 98.1 cm³/mol. The van der Waals surface area contributed by atoms with Crippen molar-refractivity contribution in [3.8, 4) is 11.4 Å². The van der Waals surface area contributed by atoms with E-state index in [1.54, 1.807) is 10.8 Å². The number of nitrogens with zero attached hydrogens (tertiary/aromatic N) is 5. The zero-order valence-corrected chi connectivity index (χ0v) is 16.0. The number of rotatable bonds is 4. The molecule has 1 N–H and O–H groups in total. The van der Waals surface area contributed by atoms with Gasteiger partial charge >= 0.3 is 12.4 Å². The van der Waals surface area contributed by atoms with E-state index in [0.717, 1.165) is 12.1 Å². The molecule has 0 spiro atoms. The minimum atomic E-state index is -4.84. The van der Waals surface area contributed by atoms with Crippen LogP contribution in [-0.4, -0.2) is 29.5 Å². The monoisotopic (exact) mass is 460 g/mol. The molecule has 0 bridgehead atoms. The highest BCUT2D eigenvalue weighted by Gasteiger charge is 2.37. The lowest BCUT2D eigenvalue weighted by Crippen LogP contribution is -2.13. The van der Waals surface area contributed by atoms with Gasteiger partial charge in [-0.05, 0) is 18.2 Å². The molecular weight excluding hydrogens is 450 g/mol. The summed E-state index contributed by atoms with van der Waals surface area (Å²) in [6, 6.07) is 2.48. The summed E-state index contributed by atoms with van der Waals surface area (Å²) < 4.78 is 81.6. The summed E-state index contributed by atoms with van der Waals surface area (Å²) >= 11 is 5.98. The standard InChI is InChI=1S/C18H11ClF6N6/c19-11-2-1-9(17(20,21)22)7-10(11)15-29-13-14(18(23,24)25)27-12(28-16(13)30-15)3-5-31-6-4-26-8-31/h1-2,4,6-8H,3,5H2,(H,27,28,29,30). The quantitative estimate of drug-likeness (QED) is 0.427. The molecule has 13 heteroatoms. The van der Waals surface area contributed by atoms with Crippen LogP contribution < -0.4 is 0 Å². The van der Waals surface area contributed by atoms with Crippen LogP contribution in [0, 0.1) is 0 Å². The maximum absolute atomic E-state index is 13.6. The fourth-order valence-corrected chi connectivity index (χ4v) is 3.12. The summed E-state index contributed by atoms with van der Waals surface area (Å²) in [5, 5.41) is -0.117. The smallest absolute Gasteiger partial charge is 0.337 e. The summed E-state index contributed by atoms with van der Waals surface area (Å²) in [4.78, 5) is 17.8. The van der Waals surface area contributed by atoms with Gasteiger partial charge in [0.1, 0.15) is 17.2 Å². The van der Waals surface area contributed by atoms with Crippen molar-refractivity contribution >= 4 is 22.8 Å². The van der Waals surface area contributed by atoms with Crippen LogP contribution in [0.15, 0.2) is 36.9 Å². The first-order valence-electron chi connectivity index (χ1n) is 8.69. The molecule has 0 radical (unpaired) electrons. The molecule has 0 saturated heterocycles. The summed E-state index contributed by atoms with van der Waals surface area (Å²) in [5.41, 5.74) is -3.35. The van der Waals surface area contributed by atoms with E-state index in [1.807, 2.05) is 0 Å². The molecule has 31 heavy (non-hydrogen) atoms. The van der Waals surface area contributed by atoms with Gasteiger partial charge in [0.05, 0.1) is 16.9 Å². The van der Waals surface area contributed by atoms with Crippen LogP contribution in [-0.2, 0) is 25.3 Å². The Labute approximate surface area is 174 Å². The van der Waals surface area contributed by atoms with E-state index in [1.165, 1.54) is 12.5 Å². The second-order valence-corrected chi connectivity index (χ2v) is 6.92. The first kappa shape index (κ1) is 21.1. The first-order chi connectivity index (χ1) is 14.5. The van der Waals surface area contributed by atoms with E-state index in [4.69, 9.17) is 11.6 Å². The van der Waals surface area contributed by atoms with Crippen LogP contribution in [0.5, 0.6) is 0 Å². The maximum atomic E-state index is 13.6. The zero-order chi connectivity index (χ0) is 22.4. The molecular formula is C18H11ClF6N6. The van der Waals surface area contributed by atoms with Gasteiger partial charge in [0.25, 0.3) is 0 Å². The average molecular weight is 461 g/mol. The fourth-order valence-electron chi connectivity index (χ4n) is 2.92. The number of hydrogen-bond acceptors (Lipinski definition) is 4. The van der Waals surface area contributed by atoms with Gasteiger partial charge in [-0.15, -0.1) is 0 Å². The molecule has 162 valence electrons. The Morgan fingerprint density at radius 1 is 1.00 bits per heavy atom. The largest absolute Gasteiger partial charge is 0.435 e. The third-order valence-corrected chi connectivity index (χ3v) is 4.70. The lowest BCUT2D eigenvalue weighted by Gasteiger charge is -2.09. The number of aromatic amines is 1. The van der Waals surface area contributed by atoms with E-state index in [9.17, 15) is 26.3 Å². The molecule has 3 aromatic heterocycles. The van der Waals surface area contributed by atoms with Gasteiger partial charge in [0.2, 0.25) is 0 Å². The van der Waals surface area contributed by atoms with Crippen LogP contribution in [0.4, 0.5) is 26.3 Å². The second-order valence-electron chi connectivity index (χ2n) is 6.51. The Morgan fingerprint density at radius 3 is 2.42 bits per heavy atom. The molecule has 0 fully saturated rings. The number of aromatic nitrogens is 6. The van der Waals surface area contributed by atoms with Crippen molar-refractivity contribution in [1.29, 1.82) is 0 Å². The van der Waals surface area contributed by atoms with Crippen molar-refractivity contribution in [2.45, 2.75) is 25.3 Å². The SMILES string of the molecule is FC(F)(F)c1ccc(Cl)c(-c2nc3nc(CCn4ccnc4)nc(C(F)(F)F)c3[nH]2)c1. The van der Waals surface area contributed by atoms with Crippen molar-refractivity contribution in [2.75, 3.05) is 0 Å². The van der Waals surface area contributed by atoms with Crippen LogP contribution in [0.2, 0.25) is 5.02 Å². The fraction of sp³-hybridized carbons (Fsp3) is 0.222. The molecule has 0 saturated carbocycles. The van der Waals surface area contributed by atoms with Gasteiger partial charge < -0.3 is 9.55 Å². The minimum Gasteiger partial charge on any atom is -0.337 e. The molecule has 0 aliphatic rings. The van der Waals surface area contributed by atoms with Gasteiger partial charge in [-0.2, -0.15) is 26.3 Å². The van der Waals surface area contributed by atoms with Crippen LogP contribution in [0.25, 0.3) is 22.6 Å². The predicted octanol–water partition coefficient (Wildman–Crippen LogP) is 5.15. The average Bonchev–Trinajstić information content (AvgIpc) is 3.33. The van der Waals surface area contributed by atoms with Gasteiger partial charge in [-0.25, -0.2) is 19.9 Å². The van der Waals surface area contributed by atoms with E-state index >= 15 is 0 Å². The number of imidazole rings is 2. The molecule has 4 rings (SSSR count). The number of hydrogen-bond donors (Lipinski definition) is 1. The highest BCUT2D eigenvalue weighted by molar-refractivity contribution is 6.33. The number of halogens is 7. The summed E-state index contributed by atoms with van der Waals surface area (Å²) in [5.74, 6) is -0.403. The maximum Gasteiger partial charge on any atom is 0.435 e. The van der Waals surface area contributed by atoms with E-state index in [-0.39, 0.29) is 40.8 Å². The normalized spacial score (nSPS) is 12.6. The molecule has 0 amide bonds. The molecule has 1 aromatic carbocycles. The molecule has 0 aliphatic carbocycles. The Kier molecular flexibility index (Phi) is 5.12. The Hall–Kier alpha value is -3.15. The third-order valence-electron chi connectivity index (χ3n) is 4.37. The van der Waals surface area contributed by atoms with Gasteiger partial charge in [-0.1, -0.05) is 11.6 Å². The van der Waals surface area contributed by atoms with Gasteiger partial charge in [0.15, 0.2) is 11.3 Å². The number of fused-ring (bicyclic) bond motifs is 1. The lowest BCUT2D eigenvalue weighted by atomic mass is 10.1. The van der Waals surface area contributed by atoms with Crippen molar-refractivity contribution in [3.05, 3.63) is 59.0 Å². The highest BCUT2D eigenvalue weighted by Crippen LogP contribution is 2.37. The van der Waals surface area contributed by atoms with Gasteiger partial charge in [0, 0.05) is 30.9 Å². The van der Waals surface area contributed by atoms with Crippen LogP contribution >= 0.6 is 11.6 Å². The summed E-state index contributed by atoms with van der Waals surface area (Å²) in [6.45, 7) is 0.277. The molecule has 0 unspecified atom stereocenters. The second kappa shape index (κ2) is 7.52. The van der Waals surface area contributed by atoms with Crippen molar-refractivity contribution in [3.63, 3.8) is 0 Å². The first-order valence-corrected chi connectivity index (χ1v) is 9.07. The number of benzene rings is 1. The van der Waals surface area contributed by atoms with Crippen LogP contribution in [0.3, 0.4) is 0 Å². The Bertz CT molecular complexity index is 1230. The number of alkyl halides is 6. The topological polar surface area (TPSA) is 72.3 Å². The summed E-state index contributed by atoms with van der Waals surface area (Å²) in [6.07, 6.45) is -4.81. The molecule has 4 aromatic rings. The lowest BCUT2D eigenvalue weighted by molar-refractivity contribution is -0.140. The number of nitrogens with one attached hydrogen (secondary N) is 1. The zero-order valence-electron chi connectivity index (χ0n) is 15.3. The van der Waals surface area contributed by atoms with E-state index in [0.29, 0.717) is 6.07 Å². The molecule has 3 heterocycles. The molecule has 6 nitrogen and oxygen atoms in total. The molecule has 0 aliphatic heterocycles. The molecule has 0 atom stereocenters. The minimum absolute atomic E-state index is 0.0574. The Balaban J connectivity index is 1.81. The highest BCUT2D eigenvalue weighted by atomic mass is 35.5. The van der Waals surface area contributed by atoms with Gasteiger partial charge in [-0.3, -0.25) is 0 Å². The van der Waals surface area contributed by atoms with E-state index < -0.39 is 29.1 Å². The summed E-state index contributed by atoms with van der Waals surface area (Å²) in [7, 11) is 0. The van der Waals surface area contributed by atoms with Crippen LogP contribution in [0.1, 0.15) is 17.1 Å². The van der Waals surface area contributed by atoms with Crippen molar-refractivity contribution in [2.24, 2.45) is 0 Å². The number of H-pyrrole nitrogens is 1. The van der Waals surface area contributed by atoms with Crippen molar-refractivity contribution in [1.82, 2.24) is 29.5 Å². The number of aryl methyl sites for hydroxylation is 2. The van der Waals surface area contributed by atoms with E-state index in [2.05, 4.69) is 24.9 Å². The van der Waals surface area contributed by atoms with Crippen molar-refractivity contribution < 1.29 is 26.3 Å². The third kappa shape index (κ3) is 4.33. The Morgan fingerprint density at radius 2 is 1.77 bits per heavy atom.